The summed E-state index contributed by atoms with van der Waals surface area (Å²) in [4.78, 5) is 5.02. The Morgan fingerprint density at radius 1 is 1.11 bits per heavy atom. The fourth-order valence-corrected chi connectivity index (χ4v) is 2.83. The van der Waals surface area contributed by atoms with Gasteiger partial charge in [0.15, 0.2) is 0 Å². The van der Waals surface area contributed by atoms with Crippen molar-refractivity contribution in [2.24, 2.45) is 0 Å². The third-order valence-electron chi connectivity index (χ3n) is 3.99. The van der Waals surface area contributed by atoms with Crippen LogP contribution in [0, 0.1) is 0 Å². The molecule has 0 bridgehead atoms. The summed E-state index contributed by atoms with van der Waals surface area (Å²) in [5, 5.41) is 0. The molecule has 0 saturated carbocycles. The minimum absolute atomic E-state index is 0.402. The lowest BCUT2D eigenvalue weighted by molar-refractivity contribution is -0.196. The summed E-state index contributed by atoms with van der Waals surface area (Å²) >= 11 is 0. The minimum atomic E-state index is 0.402. The molecule has 98 valence electrons. The molecule has 3 rings (SSSR count). The highest BCUT2D eigenvalue weighted by molar-refractivity contribution is 5.14. The number of hydrogen-bond donors (Lipinski definition) is 0. The van der Waals surface area contributed by atoms with Crippen LogP contribution >= 0.6 is 0 Å². The molecule has 2 heterocycles. The lowest BCUT2D eigenvalue weighted by Gasteiger charge is -2.45. The maximum Gasteiger partial charge on any atom is 0.113 e. The average molecular weight is 246 g/mol. The fraction of sp³-hybridized carbons (Fsp3) is 0.600. The summed E-state index contributed by atoms with van der Waals surface area (Å²) in [5.41, 5.74) is 1.42. The molecule has 0 amide bonds. The number of benzene rings is 1. The van der Waals surface area contributed by atoms with Gasteiger partial charge < -0.3 is 4.74 Å². The Bertz CT molecular complexity index is 367. The van der Waals surface area contributed by atoms with Crippen molar-refractivity contribution in [2.75, 3.05) is 26.2 Å². The van der Waals surface area contributed by atoms with E-state index >= 15 is 0 Å². The van der Waals surface area contributed by atoms with Crippen LogP contribution in [0.4, 0.5) is 0 Å². The molecule has 2 atom stereocenters. The lowest BCUT2D eigenvalue weighted by atomic mass is 10.1. The monoisotopic (exact) mass is 246 g/mol. The van der Waals surface area contributed by atoms with Gasteiger partial charge in [-0.15, -0.1) is 0 Å². The number of ether oxygens (including phenoxy) is 1. The van der Waals surface area contributed by atoms with Crippen molar-refractivity contribution >= 4 is 0 Å². The molecule has 1 aromatic rings. The van der Waals surface area contributed by atoms with Gasteiger partial charge in [-0.2, -0.15) is 0 Å². The Hall–Kier alpha value is -0.900. The van der Waals surface area contributed by atoms with Crippen molar-refractivity contribution in [3.05, 3.63) is 35.9 Å². The van der Waals surface area contributed by atoms with Crippen LogP contribution in [0.3, 0.4) is 0 Å². The van der Waals surface area contributed by atoms with Gasteiger partial charge in [-0.25, -0.2) is 0 Å². The smallest absolute Gasteiger partial charge is 0.113 e. The molecule has 18 heavy (non-hydrogen) atoms. The molecule has 3 nitrogen and oxygen atoms in total. The SMILES string of the molecule is CC1CC(N2CCN(Cc3ccccc3)CC2)O1. The van der Waals surface area contributed by atoms with Crippen LogP contribution in [0.1, 0.15) is 18.9 Å². The number of hydrogen-bond acceptors (Lipinski definition) is 3. The van der Waals surface area contributed by atoms with E-state index < -0.39 is 0 Å². The van der Waals surface area contributed by atoms with Gasteiger partial charge >= 0.3 is 0 Å². The Morgan fingerprint density at radius 2 is 1.78 bits per heavy atom. The highest BCUT2D eigenvalue weighted by Gasteiger charge is 2.33. The summed E-state index contributed by atoms with van der Waals surface area (Å²) in [6, 6.07) is 10.7. The highest BCUT2D eigenvalue weighted by Crippen LogP contribution is 2.24. The molecular weight excluding hydrogens is 224 g/mol. The van der Waals surface area contributed by atoms with Gasteiger partial charge in [0.05, 0.1) is 6.10 Å². The zero-order valence-electron chi connectivity index (χ0n) is 11.1. The van der Waals surface area contributed by atoms with E-state index in [0.717, 1.165) is 32.7 Å². The first-order valence-corrected chi connectivity index (χ1v) is 6.97. The van der Waals surface area contributed by atoms with Crippen molar-refractivity contribution in [3.63, 3.8) is 0 Å². The second kappa shape index (κ2) is 5.39. The van der Waals surface area contributed by atoms with Crippen molar-refractivity contribution in [2.45, 2.75) is 32.2 Å². The maximum absolute atomic E-state index is 5.74. The second-order valence-corrected chi connectivity index (χ2v) is 5.43. The molecule has 2 aliphatic rings. The van der Waals surface area contributed by atoms with Crippen molar-refractivity contribution in [1.82, 2.24) is 9.80 Å². The van der Waals surface area contributed by atoms with Gasteiger partial charge in [0.25, 0.3) is 0 Å². The highest BCUT2D eigenvalue weighted by atomic mass is 16.5. The standard InChI is InChI=1S/C15H22N2O/c1-13-11-15(18-13)17-9-7-16(8-10-17)12-14-5-3-2-4-6-14/h2-6,13,15H,7-12H2,1H3. The summed E-state index contributed by atoms with van der Waals surface area (Å²) < 4.78 is 5.74. The van der Waals surface area contributed by atoms with E-state index in [1.54, 1.807) is 0 Å². The molecule has 1 aromatic carbocycles. The first-order chi connectivity index (χ1) is 8.81. The molecule has 3 heteroatoms. The summed E-state index contributed by atoms with van der Waals surface area (Å²) in [6.07, 6.45) is 2.08. The van der Waals surface area contributed by atoms with Gasteiger partial charge in [-0.1, -0.05) is 30.3 Å². The van der Waals surface area contributed by atoms with Crippen LogP contribution in [0.25, 0.3) is 0 Å². The lowest BCUT2D eigenvalue weighted by Crippen LogP contribution is -2.55. The molecule has 0 aromatic heterocycles. The molecule has 0 N–H and O–H groups in total. The molecule has 0 spiro atoms. The van der Waals surface area contributed by atoms with E-state index in [1.807, 2.05) is 0 Å². The van der Waals surface area contributed by atoms with Crippen molar-refractivity contribution in [1.29, 1.82) is 0 Å². The molecule has 0 radical (unpaired) electrons. The van der Waals surface area contributed by atoms with Crippen LogP contribution in [0.5, 0.6) is 0 Å². The third kappa shape index (κ3) is 2.74. The predicted octanol–water partition coefficient (Wildman–Crippen LogP) is 1.94. The van der Waals surface area contributed by atoms with E-state index in [2.05, 4.69) is 47.1 Å². The van der Waals surface area contributed by atoms with E-state index in [4.69, 9.17) is 4.74 Å². The summed E-state index contributed by atoms with van der Waals surface area (Å²) in [5.74, 6) is 0. The molecule has 2 aliphatic heterocycles. The van der Waals surface area contributed by atoms with E-state index in [9.17, 15) is 0 Å². The van der Waals surface area contributed by atoms with E-state index in [0.29, 0.717) is 12.3 Å². The van der Waals surface area contributed by atoms with Gasteiger partial charge in [0.2, 0.25) is 0 Å². The molecule has 2 fully saturated rings. The minimum Gasteiger partial charge on any atom is -0.360 e. The molecule has 2 saturated heterocycles. The number of rotatable bonds is 3. The van der Waals surface area contributed by atoms with Crippen LogP contribution in [-0.4, -0.2) is 48.3 Å². The summed E-state index contributed by atoms with van der Waals surface area (Å²) in [7, 11) is 0. The Labute approximate surface area is 109 Å². The zero-order chi connectivity index (χ0) is 12.4. The topological polar surface area (TPSA) is 15.7 Å². The van der Waals surface area contributed by atoms with Crippen LogP contribution in [0.2, 0.25) is 0 Å². The van der Waals surface area contributed by atoms with Gasteiger partial charge in [-0.3, -0.25) is 9.80 Å². The van der Waals surface area contributed by atoms with Gasteiger partial charge in [0, 0.05) is 39.1 Å². The predicted molar refractivity (Wildman–Crippen MR) is 72.2 cm³/mol. The first-order valence-electron chi connectivity index (χ1n) is 6.97. The molecule has 2 unspecified atom stereocenters. The Kier molecular flexibility index (Phi) is 3.64. The Balaban J connectivity index is 1.45. The largest absolute Gasteiger partial charge is 0.360 e. The van der Waals surface area contributed by atoms with Gasteiger partial charge in [-0.05, 0) is 12.5 Å². The summed E-state index contributed by atoms with van der Waals surface area (Å²) in [6.45, 7) is 7.83. The normalized spacial score (nSPS) is 30.1. The second-order valence-electron chi connectivity index (χ2n) is 5.43. The van der Waals surface area contributed by atoms with Crippen molar-refractivity contribution < 1.29 is 4.74 Å². The first kappa shape index (κ1) is 12.2. The molecular formula is C15H22N2O. The maximum atomic E-state index is 5.74. The fourth-order valence-electron chi connectivity index (χ4n) is 2.83. The Morgan fingerprint density at radius 3 is 2.39 bits per heavy atom. The van der Waals surface area contributed by atoms with Crippen LogP contribution in [-0.2, 0) is 11.3 Å². The number of nitrogens with zero attached hydrogens (tertiary/aromatic N) is 2. The zero-order valence-corrected chi connectivity index (χ0v) is 11.1. The number of piperazine rings is 1. The van der Waals surface area contributed by atoms with Crippen molar-refractivity contribution in [3.8, 4) is 0 Å². The average Bonchev–Trinajstić information content (AvgIpc) is 2.38. The van der Waals surface area contributed by atoms with Gasteiger partial charge in [0.1, 0.15) is 6.23 Å². The van der Waals surface area contributed by atoms with E-state index in [1.165, 1.54) is 12.0 Å². The quantitative estimate of drug-likeness (QED) is 0.810. The van der Waals surface area contributed by atoms with Crippen LogP contribution in [0.15, 0.2) is 30.3 Å². The van der Waals surface area contributed by atoms with Crippen LogP contribution < -0.4 is 0 Å². The molecule has 0 aliphatic carbocycles. The third-order valence-corrected chi connectivity index (χ3v) is 3.99. The van der Waals surface area contributed by atoms with E-state index in [-0.39, 0.29) is 0 Å².